The quantitative estimate of drug-likeness (QED) is 0.601. The molecule has 0 amide bonds. The van der Waals surface area contributed by atoms with Crippen molar-refractivity contribution in [2.24, 2.45) is 0 Å². The number of methoxy groups -OCH3 is 1. The number of pyridine rings is 1. The fourth-order valence-corrected chi connectivity index (χ4v) is 2.02. The summed E-state index contributed by atoms with van der Waals surface area (Å²) in [6.07, 6.45) is 5.64. The van der Waals surface area contributed by atoms with Gasteiger partial charge < -0.3 is 19.5 Å². The minimum Gasteiger partial charge on any atom is -0.492 e. The lowest BCUT2D eigenvalue weighted by molar-refractivity contribution is 0.0657. The largest absolute Gasteiger partial charge is 0.492 e. The molecule has 0 saturated carbocycles. The first-order chi connectivity index (χ1) is 10.3. The third-order valence-electron chi connectivity index (χ3n) is 3.07. The lowest BCUT2D eigenvalue weighted by Gasteiger charge is -2.19. The molecule has 1 heterocycles. The van der Waals surface area contributed by atoms with Gasteiger partial charge in [-0.3, -0.25) is 4.98 Å². The first kappa shape index (κ1) is 17.9. The summed E-state index contributed by atoms with van der Waals surface area (Å²) in [6.45, 7) is 7.73. The molecule has 1 N–H and O–H groups in total. The summed E-state index contributed by atoms with van der Waals surface area (Å²) < 4.78 is 16.1. The minimum absolute atomic E-state index is 0.236. The standard InChI is InChI=1S/C16H28N2O3/c1-4-7-18-16(6-8-20-10-9-19-3)14-11-15(21-5-2)13-17-12-14/h11-13,16,18H,4-10H2,1-3H3. The molecule has 1 atom stereocenters. The van der Waals surface area contributed by atoms with Crippen LogP contribution in [0.2, 0.25) is 0 Å². The van der Waals surface area contributed by atoms with Crippen LogP contribution in [0.25, 0.3) is 0 Å². The fraction of sp³-hybridized carbons (Fsp3) is 0.688. The Labute approximate surface area is 128 Å². The molecule has 5 heteroatoms. The molecule has 0 bridgehead atoms. The number of nitrogens with zero attached hydrogens (tertiary/aromatic N) is 1. The van der Waals surface area contributed by atoms with Crippen molar-refractivity contribution in [3.8, 4) is 5.75 Å². The third kappa shape index (κ3) is 7.41. The van der Waals surface area contributed by atoms with Crippen LogP contribution in [0.1, 0.15) is 38.3 Å². The smallest absolute Gasteiger partial charge is 0.137 e. The number of aromatic nitrogens is 1. The molecule has 5 nitrogen and oxygen atoms in total. The lowest BCUT2D eigenvalue weighted by atomic mass is 10.1. The highest BCUT2D eigenvalue weighted by Gasteiger charge is 2.12. The van der Waals surface area contributed by atoms with Gasteiger partial charge in [-0.15, -0.1) is 0 Å². The van der Waals surface area contributed by atoms with Crippen molar-refractivity contribution < 1.29 is 14.2 Å². The number of nitrogens with one attached hydrogen (secondary N) is 1. The van der Waals surface area contributed by atoms with E-state index in [9.17, 15) is 0 Å². The molecule has 0 radical (unpaired) electrons. The van der Waals surface area contributed by atoms with Crippen LogP contribution >= 0.6 is 0 Å². The topological polar surface area (TPSA) is 52.6 Å². The van der Waals surface area contributed by atoms with Gasteiger partial charge in [-0.25, -0.2) is 0 Å². The lowest BCUT2D eigenvalue weighted by Crippen LogP contribution is -2.24. The van der Waals surface area contributed by atoms with E-state index in [0.29, 0.717) is 26.4 Å². The van der Waals surface area contributed by atoms with E-state index in [0.717, 1.165) is 30.7 Å². The van der Waals surface area contributed by atoms with Gasteiger partial charge in [-0.2, -0.15) is 0 Å². The van der Waals surface area contributed by atoms with E-state index >= 15 is 0 Å². The first-order valence-electron chi connectivity index (χ1n) is 7.69. The SMILES string of the molecule is CCCNC(CCOCCOC)c1cncc(OCC)c1. The van der Waals surface area contributed by atoms with Gasteiger partial charge in [0, 0.05) is 26.0 Å². The van der Waals surface area contributed by atoms with Crippen LogP contribution in [-0.2, 0) is 9.47 Å². The summed E-state index contributed by atoms with van der Waals surface area (Å²) in [5.74, 6) is 0.818. The van der Waals surface area contributed by atoms with Gasteiger partial charge in [0.15, 0.2) is 0 Å². The zero-order valence-corrected chi connectivity index (χ0v) is 13.4. The molecule has 0 aromatic carbocycles. The summed E-state index contributed by atoms with van der Waals surface area (Å²) in [7, 11) is 1.68. The molecule has 0 aliphatic rings. The molecule has 0 aliphatic heterocycles. The van der Waals surface area contributed by atoms with Gasteiger partial charge in [-0.05, 0) is 37.9 Å². The fourth-order valence-electron chi connectivity index (χ4n) is 2.02. The second kappa shape index (κ2) is 11.5. The summed E-state index contributed by atoms with van der Waals surface area (Å²) in [4.78, 5) is 4.26. The normalized spacial score (nSPS) is 12.3. The van der Waals surface area contributed by atoms with Crippen LogP contribution in [0, 0.1) is 0 Å². The Morgan fingerprint density at radius 3 is 2.76 bits per heavy atom. The van der Waals surface area contributed by atoms with E-state index in [1.807, 2.05) is 13.1 Å². The van der Waals surface area contributed by atoms with Gasteiger partial charge in [0.1, 0.15) is 5.75 Å². The van der Waals surface area contributed by atoms with Crippen molar-refractivity contribution in [2.45, 2.75) is 32.7 Å². The maximum absolute atomic E-state index is 5.57. The van der Waals surface area contributed by atoms with E-state index in [-0.39, 0.29) is 6.04 Å². The molecule has 0 saturated heterocycles. The zero-order chi connectivity index (χ0) is 15.3. The second-order valence-corrected chi connectivity index (χ2v) is 4.79. The van der Waals surface area contributed by atoms with E-state index in [1.165, 1.54) is 0 Å². The number of hydrogen-bond donors (Lipinski definition) is 1. The van der Waals surface area contributed by atoms with Crippen LogP contribution in [0.4, 0.5) is 0 Å². The van der Waals surface area contributed by atoms with Gasteiger partial charge in [-0.1, -0.05) is 6.92 Å². The molecular weight excluding hydrogens is 268 g/mol. The van der Waals surface area contributed by atoms with Gasteiger partial charge in [0.25, 0.3) is 0 Å². The number of hydrogen-bond acceptors (Lipinski definition) is 5. The number of rotatable bonds is 12. The molecule has 120 valence electrons. The molecule has 0 spiro atoms. The molecule has 1 rings (SSSR count). The van der Waals surface area contributed by atoms with E-state index in [2.05, 4.69) is 23.3 Å². The predicted molar refractivity (Wildman–Crippen MR) is 83.8 cm³/mol. The number of ether oxygens (including phenoxy) is 3. The maximum atomic E-state index is 5.57. The summed E-state index contributed by atoms with van der Waals surface area (Å²) in [5, 5.41) is 3.54. The summed E-state index contributed by atoms with van der Waals surface area (Å²) in [6, 6.07) is 2.29. The Bertz CT molecular complexity index is 374. The Kier molecular flexibility index (Phi) is 9.78. The van der Waals surface area contributed by atoms with Crippen molar-refractivity contribution in [3.63, 3.8) is 0 Å². The monoisotopic (exact) mass is 296 g/mol. The van der Waals surface area contributed by atoms with Crippen molar-refractivity contribution in [3.05, 3.63) is 24.0 Å². The Balaban J connectivity index is 2.56. The van der Waals surface area contributed by atoms with Crippen LogP contribution in [0.3, 0.4) is 0 Å². The Morgan fingerprint density at radius 2 is 2.05 bits per heavy atom. The highest BCUT2D eigenvalue weighted by Crippen LogP contribution is 2.20. The average molecular weight is 296 g/mol. The zero-order valence-electron chi connectivity index (χ0n) is 13.4. The maximum Gasteiger partial charge on any atom is 0.137 e. The van der Waals surface area contributed by atoms with E-state index in [1.54, 1.807) is 13.3 Å². The Hall–Kier alpha value is -1.17. The summed E-state index contributed by atoms with van der Waals surface area (Å²) in [5.41, 5.74) is 1.14. The molecule has 1 unspecified atom stereocenters. The van der Waals surface area contributed by atoms with E-state index < -0.39 is 0 Å². The second-order valence-electron chi connectivity index (χ2n) is 4.79. The van der Waals surface area contributed by atoms with Gasteiger partial charge in [0.2, 0.25) is 0 Å². The van der Waals surface area contributed by atoms with Crippen molar-refractivity contribution in [1.82, 2.24) is 10.3 Å². The van der Waals surface area contributed by atoms with Crippen LogP contribution < -0.4 is 10.1 Å². The molecular formula is C16H28N2O3. The predicted octanol–water partition coefficient (Wildman–Crippen LogP) is 2.57. The first-order valence-corrected chi connectivity index (χ1v) is 7.69. The van der Waals surface area contributed by atoms with Crippen molar-refractivity contribution in [1.29, 1.82) is 0 Å². The molecule has 0 fully saturated rings. The Morgan fingerprint density at radius 1 is 1.19 bits per heavy atom. The molecule has 1 aromatic heterocycles. The average Bonchev–Trinajstić information content (AvgIpc) is 2.51. The van der Waals surface area contributed by atoms with Crippen LogP contribution in [-0.4, -0.2) is 45.1 Å². The highest BCUT2D eigenvalue weighted by molar-refractivity contribution is 5.26. The molecule has 0 aliphatic carbocycles. The van der Waals surface area contributed by atoms with E-state index in [4.69, 9.17) is 14.2 Å². The molecule has 21 heavy (non-hydrogen) atoms. The van der Waals surface area contributed by atoms with Crippen LogP contribution in [0.15, 0.2) is 18.5 Å². The minimum atomic E-state index is 0.236. The van der Waals surface area contributed by atoms with Crippen LogP contribution in [0.5, 0.6) is 5.75 Å². The molecule has 1 aromatic rings. The third-order valence-corrected chi connectivity index (χ3v) is 3.07. The van der Waals surface area contributed by atoms with Gasteiger partial charge >= 0.3 is 0 Å². The van der Waals surface area contributed by atoms with Crippen molar-refractivity contribution >= 4 is 0 Å². The highest BCUT2D eigenvalue weighted by atomic mass is 16.5. The van der Waals surface area contributed by atoms with Gasteiger partial charge in [0.05, 0.1) is 26.0 Å². The summed E-state index contributed by atoms with van der Waals surface area (Å²) >= 11 is 0. The van der Waals surface area contributed by atoms with Crippen molar-refractivity contribution in [2.75, 3.05) is 40.1 Å².